The maximum atomic E-state index is 6.36. The molecular formula is C17H21ClN2. The van der Waals surface area contributed by atoms with E-state index in [0.717, 1.165) is 29.4 Å². The van der Waals surface area contributed by atoms with Crippen LogP contribution in [0.25, 0.3) is 0 Å². The summed E-state index contributed by atoms with van der Waals surface area (Å²) in [6, 6.07) is 14.5. The van der Waals surface area contributed by atoms with Gasteiger partial charge in [-0.1, -0.05) is 36.7 Å². The summed E-state index contributed by atoms with van der Waals surface area (Å²) in [7, 11) is 2.08. The Bertz CT molecular complexity index is 581. The lowest BCUT2D eigenvalue weighted by Gasteiger charge is -2.24. The van der Waals surface area contributed by atoms with Crippen LogP contribution in [0.4, 0.5) is 11.4 Å². The molecule has 0 saturated carbocycles. The van der Waals surface area contributed by atoms with E-state index < -0.39 is 0 Å². The molecule has 2 nitrogen and oxygen atoms in total. The molecule has 2 aromatic rings. The van der Waals surface area contributed by atoms with Crippen molar-refractivity contribution in [3.05, 3.63) is 58.6 Å². The number of nitrogens with one attached hydrogen (secondary N) is 1. The quantitative estimate of drug-likeness (QED) is 0.870. The molecule has 106 valence electrons. The van der Waals surface area contributed by atoms with E-state index in [2.05, 4.69) is 61.4 Å². The highest BCUT2D eigenvalue weighted by Gasteiger charge is 2.12. The normalized spacial score (nSPS) is 10.6. The van der Waals surface area contributed by atoms with E-state index in [9.17, 15) is 0 Å². The number of benzene rings is 2. The molecule has 2 aromatic carbocycles. The van der Waals surface area contributed by atoms with Gasteiger partial charge in [0.1, 0.15) is 0 Å². The Balaban J connectivity index is 2.38. The van der Waals surface area contributed by atoms with Crippen molar-refractivity contribution in [3.8, 4) is 0 Å². The van der Waals surface area contributed by atoms with Gasteiger partial charge in [0.25, 0.3) is 0 Å². The summed E-state index contributed by atoms with van der Waals surface area (Å²) in [5, 5.41) is 4.16. The molecule has 0 fully saturated rings. The second-order valence-electron chi connectivity index (χ2n) is 4.92. The first kappa shape index (κ1) is 14.9. The van der Waals surface area contributed by atoms with Gasteiger partial charge in [0.2, 0.25) is 0 Å². The fourth-order valence-corrected chi connectivity index (χ4v) is 2.50. The molecule has 0 saturated heterocycles. The van der Waals surface area contributed by atoms with Gasteiger partial charge >= 0.3 is 0 Å². The largest absolute Gasteiger partial charge is 0.344 e. The highest BCUT2D eigenvalue weighted by Crippen LogP contribution is 2.31. The third-order valence-corrected chi connectivity index (χ3v) is 3.75. The Morgan fingerprint density at radius 3 is 2.60 bits per heavy atom. The minimum atomic E-state index is 0.779. The molecule has 0 bridgehead atoms. The first-order valence-electron chi connectivity index (χ1n) is 6.92. The van der Waals surface area contributed by atoms with E-state index in [1.165, 1.54) is 11.3 Å². The van der Waals surface area contributed by atoms with Crippen molar-refractivity contribution in [2.45, 2.75) is 20.4 Å². The summed E-state index contributed by atoms with van der Waals surface area (Å²) >= 11 is 6.36. The van der Waals surface area contributed by atoms with Crippen LogP contribution in [-0.2, 0) is 6.54 Å². The Morgan fingerprint density at radius 2 is 1.90 bits per heavy atom. The van der Waals surface area contributed by atoms with Gasteiger partial charge in [-0.25, -0.2) is 0 Å². The monoisotopic (exact) mass is 288 g/mol. The minimum Gasteiger partial charge on any atom is -0.344 e. The van der Waals surface area contributed by atoms with Crippen molar-refractivity contribution in [3.63, 3.8) is 0 Å². The van der Waals surface area contributed by atoms with Gasteiger partial charge in [0.15, 0.2) is 0 Å². The molecule has 0 atom stereocenters. The number of hydrogen-bond acceptors (Lipinski definition) is 2. The molecule has 0 spiro atoms. The predicted molar refractivity (Wildman–Crippen MR) is 88.1 cm³/mol. The van der Waals surface area contributed by atoms with Crippen molar-refractivity contribution in [2.24, 2.45) is 0 Å². The van der Waals surface area contributed by atoms with Crippen LogP contribution in [0.5, 0.6) is 0 Å². The van der Waals surface area contributed by atoms with Crippen molar-refractivity contribution in [1.82, 2.24) is 5.32 Å². The molecule has 3 heteroatoms. The van der Waals surface area contributed by atoms with Crippen LogP contribution in [0.1, 0.15) is 18.1 Å². The SMILES string of the molecule is CCNCc1c(Cl)cccc1N(C)c1cccc(C)c1. The molecule has 20 heavy (non-hydrogen) atoms. The van der Waals surface area contributed by atoms with Gasteiger partial charge in [0, 0.05) is 35.6 Å². The van der Waals surface area contributed by atoms with Gasteiger partial charge in [-0.3, -0.25) is 0 Å². The van der Waals surface area contributed by atoms with Crippen LogP contribution in [-0.4, -0.2) is 13.6 Å². The number of rotatable bonds is 5. The molecule has 0 aliphatic carbocycles. The lowest BCUT2D eigenvalue weighted by Crippen LogP contribution is -2.17. The van der Waals surface area contributed by atoms with Crippen molar-refractivity contribution < 1.29 is 0 Å². The summed E-state index contributed by atoms with van der Waals surface area (Å²) in [6.07, 6.45) is 0. The highest BCUT2D eigenvalue weighted by atomic mass is 35.5. The van der Waals surface area contributed by atoms with Crippen molar-refractivity contribution in [1.29, 1.82) is 0 Å². The van der Waals surface area contributed by atoms with Gasteiger partial charge in [0.05, 0.1) is 0 Å². The second kappa shape index (κ2) is 6.78. The molecule has 0 aliphatic heterocycles. The topological polar surface area (TPSA) is 15.3 Å². The number of hydrogen-bond donors (Lipinski definition) is 1. The molecule has 0 unspecified atom stereocenters. The first-order chi connectivity index (χ1) is 9.63. The zero-order chi connectivity index (χ0) is 14.5. The van der Waals surface area contributed by atoms with Crippen molar-refractivity contribution in [2.75, 3.05) is 18.5 Å². The summed E-state index contributed by atoms with van der Waals surface area (Å²) in [6.45, 7) is 5.91. The molecule has 0 aliphatic rings. The lowest BCUT2D eigenvalue weighted by atomic mass is 10.1. The molecule has 0 radical (unpaired) electrons. The third kappa shape index (κ3) is 3.33. The molecule has 1 N–H and O–H groups in total. The van der Waals surface area contributed by atoms with Crippen molar-refractivity contribution >= 4 is 23.0 Å². The van der Waals surface area contributed by atoms with E-state index in [4.69, 9.17) is 11.6 Å². The Labute approximate surface area is 126 Å². The number of anilines is 2. The van der Waals surface area contributed by atoms with E-state index in [-0.39, 0.29) is 0 Å². The van der Waals surface area contributed by atoms with Crippen LogP contribution in [0.2, 0.25) is 5.02 Å². The van der Waals surface area contributed by atoms with Crippen LogP contribution in [0.15, 0.2) is 42.5 Å². The number of nitrogens with zero attached hydrogens (tertiary/aromatic N) is 1. The molecular weight excluding hydrogens is 268 g/mol. The Morgan fingerprint density at radius 1 is 1.15 bits per heavy atom. The van der Waals surface area contributed by atoms with Crippen LogP contribution >= 0.6 is 11.6 Å². The molecule has 0 aromatic heterocycles. The number of aryl methyl sites for hydroxylation is 1. The van der Waals surface area contributed by atoms with Gasteiger partial charge < -0.3 is 10.2 Å². The smallest absolute Gasteiger partial charge is 0.0471 e. The van der Waals surface area contributed by atoms with Gasteiger partial charge in [-0.05, 0) is 43.3 Å². The molecule has 0 heterocycles. The predicted octanol–water partition coefficient (Wildman–Crippen LogP) is 4.53. The first-order valence-corrected chi connectivity index (χ1v) is 7.29. The second-order valence-corrected chi connectivity index (χ2v) is 5.32. The van der Waals surface area contributed by atoms with E-state index in [1.54, 1.807) is 0 Å². The maximum absolute atomic E-state index is 6.36. The average molecular weight is 289 g/mol. The van der Waals surface area contributed by atoms with E-state index in [0.29, 0.717) is 0 Å². The molecule has 2 rings (SSSR count). The standard InChI is InChI=1S/C17H21ClN2/c1-4-19-12-15-16(18)9-6-10-17(15)20(3)14-8-5-7-13(2)11-14/h5-11,19H,4,12H2,1-3H3. The zero-order valence-electron chi connectivity index (χ0n) is 12.3. The van der Waals surface area contributed by atoms with Gasteiger partial charge in [-0.15, -0.1) is 0 Å². The number of halogens is 1. The van der Waals surface area contributed by atoms with E-state index in [1.807, 2.05) is 12.1 Å². The Hall–Kier alpha value is -1.51. The third-order valence-electron chi connectivity index (χ3n) is 3.40. The zero-order valence-corrected chi connectivity index (χ0v) is 13.0. The maximum Gasteiger partial charge on any atom is 0.0471 e. The van der Waals surface area contributed by atoms with Gasteiger partial charge in [-0.2, -0.15) is 0 Å². The Kier molecular flexibility index (Phi) is 5.05. The fraction of sp³-hybridized carbons (Fsp3) is 0.294. The summed E-state index contributed by atoms with van der Waals surface area (Å²) in [4.78, 5) is 2.19. The van der Waals surface area contributed by atoms with Crippen LogP contribution in [0, 0.1) is 6.92 Å². The summed E-state index contributed by atoms with van der Waals surface area (Å²) in [5.41, 5.74) is 4.71. The molecule has 0 amide bonds. The van der Waals surface area contributed by atoms with E-state index >= 15 is 0 Å². The van der Waals surface area contributed by atoms with Crippen LogP contribution < -0.4 is 10.2 Å². The van der Waals surface area contributed by atoms with Crippen LogP contribution in [0.3, 0.4) is 0 Å². The minimum absolute atomic E-state index is 0.779. The highest BCUT2D eigenvalue weighted by molar-refractivity contribution is 6.31. The summed E-state index contributed by atoms with van der Waals surface area (Å²) < 4.78 is 0. The fourth-order valence-electron chi connectivity index (χ4n) is 2.26. The summed E-state index contributed by atoms with van der Waals surface area (Å²) in [5.74, 6) is 0. The average Bonchev–Trinajstić information content (AvgIpc) is 2.45. The lowest BCUT2D eigenvalue weighted by molar-refractivity contribution is 0.726.